The number of carbonyl (C=O) groups is 2. The quantitative estimate of drug-likeness (QED) is 0.245. The smallest absolute Gasteiger partial charge is 0.416 e. The number of aryl methyl sites for hydroxylation is 2. The van der Waals surface area contributed by atoms with Crippen LogP contribution in [-0.2, 0) is 41.7 Å². The molecule has 0 saturated carbocycles. The predicted octanol–water partition coefficient (Wildman–Crippen LogP) is 4.33. The second-order valence-corrected chi connectivity index (χ2v) is 13.6. The molecule has 0 spiro atoms. The number of anilines is 2. The van der Waals surface area contributed by atoms with E-state index in [4.69, 9.17) is 19.1 Å². The Morgan fingerprint density at radius 2 is 1.94 bits per heavy atom. The van der Waals surface area contributed by atoms with Gasteiger partial charge in [0.05, 0.1) is 48.4 Å². The average molecular weight is 760 g/mol. The topological polar surface area (TPSA) is 160 Å². The lowest BCUT2D eigenvalue weighted by Gasteiger charge is -2.36. The van der Waals surface area contributed by atoms with Gasteiger partial charge in [-0.2, -0.15) is 22.7 Å². The maximum absolute atomic E-state index is 14.3. The SMILES string of the molecule is [2H]C1([2H])Cc2cc(-c3nc4n(CC(=O)Nc5ccc(C(F)(F)F)cc5Cl)c(CC)c(N5CCN(C(=O)c6ncnc(C)c6O)CC5)c(=O)n4n3)sc2CO1. The molecule has 4 aromatic heterocycles. The van der Waals surface area contributed by atoms with Crippen LogP contribution in [0.15, 0.2) is 35.4 Å². The Bertz CT molecular complexity index is 2380. The van der Waals surface area contributed by atoms with Gasteiger partial charge in [-0.3, -0.25) is 14.4 Å². The second kappa shape index (κ2) is 13.8. The molecule has 1 fully saturated rings. The van der Waals surface area contributed by atoms with Gasteiger partial charge in [0, 0.05) is 31.1 Å². The largest absolute Gasteiger partial charge is 0.504 e. The van der Waals surface area contributed by atoms with Crippen molar-refractivity contribution in [2.75, 3.05) is 43.0 Å². The molecule has 2 amide bonds. The number of fused-ring (bicyclic) bond motifs is 2. The molecule has 19 heteroatoms. The molecule has 1 aromatic carbocycles. The molecule has 0 unspecified atom stereocenters. The highest BCUT2D eigenvalue weighted by Crippen LogP contribution is 2.35. The molecule has 2 N–H and O–H groups in total. The molecule has 0 aliphatic carbocycles. The van der Waals surface area contributed by atoms with Crippen LogP contribution in [-0.4, -0.2) is 83.7 Å². The number of nitrogens with one attached hydrogen (secondary N) is 1. The Hall–Kier alpha value is -5.07. The Labute approximate surface area is 305 Å². The first-order chi connectivity index (χ1) is 25.5. The van der Waals surface area contributed by atoms with Crippen molar-refractivity contribution in [2.45, 2.75) is 46.0 Å². The van der Waals surface area contributed by atoms with E-state index in [1.807, 2.05) is 0 Å². The summed E-state index contributed by atoms with van der Waals surface area (Å²) in [4.78, 5) is 58.3. The van der Waals surface area contributed by atoms with Crippen molar-refractivity contribution in [1.29, 1.82) is 0 Å². The van der Waals surface area contributed by atoms with Gasteiger partial charge in [-0.1, -0.05) is 18.5 Å². The van der Waals surface area contributed by atoms with E-state index >= 15 is 0 Å². The molecular weight excluding hydrogens is 727 g/mol. The number of hydrogen-bond donors (Lipinski definition) is 2. The van der Waals surface area contributed by atoms with Gasteiger partial charge in [-0.15, -0.1) is 16.4 Å². The van der Waals surface area contributed by atoms with Crippen molar-refractivity contribution >= 4 is 51.9 Å². The minimum absolute atomic E-state index is 0.0146. The van der Waals surface area contributed by atoms with Crippen LogP contribution in [0.3, 0.4) is 0 Å². The highest BCUT2D eigenvalue weighted by molar-refractivity contribution is 7.15. The van der Waals surface area contributed by atoms with Crippen LogP contribution in [0, 0.1) is 6.92 Å². The maximum atomic E-state index is 14.3. The molecule has 7 rings (SSSR count). The Morgan fingerprint density at radius 3 is 2.65 bits per heavy atom. The van der Waals surface area contributed by atoms with Crippen molar-refractivity contribution < 1.29 is 35.3 Å². The zero-order chi connectivity index (χ0) is 38.7. The van der Waals surface area contributed by atoms with Crippen LogP contribution >= 0.6 is 22.9 Å². The van der Waals surface area contributed by atoms with Crippen LogP contribution in [0.2, 0.25) is 5.02 Å². The van der Waals surface area contributed by atoms with E-state index in [0.717, 1.165) is 27.1 Å². The number of thiophene rings is 1. The number of ether oxygens (including phenoxy) is 1. The average Bonchev–Trinajstić information content (AvgIpc) is 3.75. The Morgan fingerprint density at radius 1 is 1.17 bits per heavy atom. The first-order valence-electron chi connectivity index (χ1n) is 17.0. The van der Waals surface area contributed by atoms with Crippen molar-refractivity contribution in [2.24, 2.45) is 0 Å². The number of piperazine rings is 1. The van der Waals surface area contributed by atoms with Gasteiger partial charge in [0.2, 0.25) is 11.7 Å². The van der Waals surface area contributed by atoms with Crippen molar-refractivity contribution in [1.82, 2.24) is 34.0 Å². The molecule has 1 saturated heterocycles. The van der Waals surface area contributed by atoms with E-state index in [-0.39, 0.29) is 90.8 Å². The molecule has 2 aliphatic heterocycles. The molecule has 5 aromatic rings. The lowest BCUT2D eigenvalue weighted by atomic mass is 10.1. The molecule has 0 atom stereocenters. The number of alkyl halides is 3. The van der Waals surface area contributed by atoms with Crippen LogP contribution in [0.1, 0.15) is 47.5 Å². The molecular formula is C33H31ClF3N9O5S. The minimum atomic E-state index is -4.64. The lowest BCUT2D eigenvalue weighted by Crippen LogP contribution is -2.51. The maximum Gasteiger partial charge on any atom is 0.416 e. The zero-order valence-electron chi connectivity index (χ0n) is 29.6. The summed E-state index contributed by atoms with van der Waals surface area (Å²) in [7, 11) is 0. The Balaban J connectivity index is 1.26. The minimum Gasteiger partial charge on any atom is -0.504 e. The molecule has 6 heterocycles. The summed E-state index contributed by atoms with van der Waals surface area (Å²) in [5.41, 5.74) is -0.107. The van der Waals surface area contributed by atoms with Crippen LogP contribution in [0.4, 0.5) is 24.5 Å². The molecule has 52 heavy (non-hydrogen) atoms. The second-order valence-electron chi connectivity index (χ2n) is 12.0. The summed E-state index contributed by atoms with van der Waals surface area (Å²) in [6.45, 7) is 1.81. The number of hydrogen-bond acceptors (Lipinski definition) is 11. The first kappa shape index (κ1) is 32.8. The number of aromatic hydroxyl groups is 1. The number of rotatable bonds is 7. The van der Waals surface area contributed by atoms with Gasteiger partial charge in [0.1, 0.15) is 18.6 Å². The van der Waals surface area contributed by atoms with E-state index in [9.17, 15) is 32.7 Å². The molecule has 14 nitrogen and oxygen atoms in total. The number of amides is 2. The van der Waals surface area contributed by atoms with Gasteiger partial charge in [-0.25, -0.2) is 9.97 Å². The van der Waals surface area contributed by atoms with Gasteiger partial charge < -0.3 is 29.5 Å². The van der Waals surface area contributed by atoms with Crippen molar-refractivity contribution in [3.8, 4) is 16.5 Å². The monoisotopic (exact) mass is 759 g/mol. The fourth-order valence-corrected chi connectivity index (χ4v) is 7.41. The summed E-state index contributed by atoms with van der Waals surface area (Å²) in [5.74, 6) is -1.32. The number of halogens is 4. The summed E-state index contributed by atoms with van der Waals surface area (Å²) in [6, 6.07) is 4.32. The summed E-state index contributed by atoms with van der Waals surface area (Å²) in [5, 5.41) is 17.2. The fraction of sp³-hybridized carbons (Fsp3) is 0.364. The van der Waals surface area contributed by atoms with Crippen LogP contribution in [0.5, 0.6) is 5.75 Å². The first-order valence-corrected chi connectivity index (χ1v) is 17.2. The predicted molar refractivity (Wildman–Crippen MR) is 185 cm³/mol. The fourth-order valence-electron chi connectivity index (χ4n) is 6.16. The van der Waals surface area contributed by atoms with E-state index in [0.29, 0.717) is 16.6 Å². The van der Waals surface area contributed by atoms with Crippen LogP contribution < -0.4 is 15.8 Å². The van der Waals surface area contributed by atoms with Gasteiger partial charge in [0.25, 0.3) is 11.5 Å². The molecule has 272 valence electrons. The summed E-state index contributed by atoms with van der Waals surface area (Å²) < 4.78 is 63.7. The summed E-state index contributed by atoms with van der Waals surface area (Å²) in [6.07, 6.45) is -3.19. The van der Waals surface area contributed by atoms with Gasteiger partial charge >= 0.3 is 6.18 Å². The lowest BCUT2D eigenvalue weighted by molar-refractivity contribution is -0.137. The third-order valence-corrected chi connectivity index (χ3v) is 10.3. The highest BCUT2D eigenvalue weighted by Gasteiger charge is 2.32. The Kier molecular flexibility index (Phi) is 8.72. The van der Waals surface area contributed by atoms with Gasteiger partial charge in [0.15, 0.2) is 17.3 Å². The number of carbonyl (C=O) groups excluding carboxylic acids is 2. The van der Waals surface area contributed by atoms with E-state index in [1.165, 1.54) is 27.1 Å². The third kappa shape index (κ3) is 6.56. The number of aromatic nitrogens is 6. The summed E-state index contributed by atoms with van der Waals surface area (Å²) >= 11 is 7.42. The van der Waals surface area contributed by atoms with E-state index in [1.54, 1.807) is 24.8 Å². The molecule has 0 bridgehead atoms. The van der Waals surface area contributed by atoms with Crippen molar-refractivity contribution in [3.05, 3.63) is 79.1 Å². The molecule has 2 aliphatic rings. The normalized spacial score (nSPS) is 16.4. The highest BCUT2D eigenvalue weighted by atomic mass is 35.5. The van der Waals surface area contributed by atoms with Crippen molar-refractivity contribution in [3.63, 3.8) is 0 Å². The van der Waals surface area contributed by atoms with E-state index < -0.39 is 42.2 Å². The van der Waals surface area contributed by atoms with Gasteiger partial charge in [-0.05, 0) is 49.6 Å². The number of nitrogens with zero attached hydrogens (tertiary/aromatic N) is 8. The van der Waals surface area contributed by atoms with Crippen LogP contribution in [0.25, 0.3) is 16.5 Å². The standard InChI is InChI=1S/C33H31ClF3N9O5S/c1-3-22-27(43-7-9-44(10-8-43)30(49)26-28(48)17(2)38-16-39-26)31(50)46-32(41-29(42-46)23-12-18-6-11-51-15-24(18)52-23)45(22)14-25(47)40-21-5-4-19(13-20(21)34)33(35,36)37/h4-5,12-13,16,48H,3,6-11,14-15H2,1-2H3,(H,40,47)/i11D2. The van der Waals surface area contributed by atoms with E-state index in [2.05, 4.69) is 25.4 Å². The number of benzene rings is 1. The molecule has 0 radical (unpaired) electrons. The zero-order valence-corrected chi connectivity index (χ0v) is 29.2. The third-order valence-electron chi connectivity index (χ3n) is 8.81.